The van der Waals surface area contributed by atoms with E-state index in [0.29, 0.717) is 12.0 Å². The van der Waals surface area contributed by atoms with Crippen molar-refractivity contribution in [1.82, 2.24) is 4.90 Å². The summed E-state index contributed by atoms with van der Waals surface area (Å²) in [6.07, 6.45) is 3.86. The molecule has 0 aromatic heterocycles. The van der Waals surface area contributed by atoms with E-state index in [-0.39, 0.29) is 0 Å². The molecule has 0 bridgehead atoms. The van der Waals surface area contributed by atoms with E-state index in [2.05, 4.69) is 4.90 Å². The molecule has 0 amide bonds. The molecule has 2 fully saturated rings. The Morgan fingerprint density at radius 3 is 1.79 bits per heavy atom. The SMILES string of the molecule is CC.CC.OCC1(CN2CCC2)CC1. The number of hydrogen-bond acceptors (Lipinski definition) is 2. The van der Waals surface area contributed by atoms with E-state index in [9.17, 15) is 0 Å². The van der Waals surface area contributed by atoms with E-state index >= 15 is 0 Å². The number of aliphatic hydroxyl groups is 1. The van der Waals surface area contributed by atoms with E-state index in [1.807, 2.05) is 27.7 Å². The van der Waals surface area contributed by atoms with Gasteiger partial charge in [0.25, 0.3) is 0 Å². The Hall–Kier alpha value is -0.0800. The Morgan fingerprint density at radius 2 is 1.57 bits per heavy atom. The summed E-state index contributed by atoms with van der Waals surface area (Å²) in [4.78, 5) is 2.45. The lowest BCUT2D eigenvalue weighted by atomic mass is 10.1. The van der Waals surface area contributed by atoms with Crippen molar-refractivity contribution in [2.75, 3.05) is 26.2 Å². The molecule has 2 nitrogen and oxygen atoms in total. The molecule has 0 unspecified atom stereocenters. The predicted molar refractivity (Wildman–Crippen MR) is 62.5 cm³/mol. The number of hydrogen-bond donors (Lipinski definition) is 1. The number of rotatable bonds is 3. The average Bonchev–Trinajstić information content (AvgIpc) is 2.99. The molecule has 0 aromatic carbocycles. The van der Waals surface area contributed by atoms with Crippen molar-refractivity contribution in [3.63, 3.8) is 0 Å². The van der Waals surface area contributed by atoms with Crippen LogP contribution in [0.15, 0.2) is 0 Å². The van der Waals surface area contributed by atoms with Crippen molar-refractivity contribution in [3.8, 4) is 0 Å². The molecule has 2 rings (SSSR count). The summed E-state index contributed by atoms with van der Waals surface area (Å²) in [5, 5.41) is 9.00. The molecule has 0 atom stereocenters. The Morgan fingerprint density at radius 1 is 1.07 bits per heavy atom. The Labute approximate surface area is 89.3 Å². The fraction of sp³-hybridized carbons (Fsp3) is 1.00. The van der Waals surface area contributed by atoms with Gasteiger partial charge in [-0.25, -0.2) is 0 Å². The molecule has 1 aliphatic carbocycles. The topological polar surface area (TPSA) is 23.5 Å². The summed E-state index contributed by atoms with van der Waals surface area (Å²) < 4.78 is 0. The molecule has 2 aliphatic rings. The van der Waals surface area contributed by atoms with E-state index in [1.54, 1.807) is 0 Å². The molecule has 14 heavy (non-hydrogen) atoms. The van der Waals surface area contributed by atoms with Crippen molar-refractivity contribution in [3.05, 3.63) is 0 Å². The minimum Gasteiger partial charge on any atom is -0.396 e. The van der Waals surface area contributed by atoms with Gasteiger partial charge in [0.1, 0.15) is 0 Å². The van der Waals surface area contributed by atoms with Crippen LogP contribution in [0.3, 0.4) is 0 Å². The molecule has 1 saturated heterocycles. The van der Waals surface area contributed by atoms with Crippen LogP contribution in [0.2, 0.25) is 0 Å². The average molecular weight is 201 g/mol. The smallest absolute Gasteiger partial charge is 0.0499 e. The highest BCUT2D eigenvalue weighted by Crippen LogP contribution is 2.46. The summed E-state index contributed by atoms with van der Waals surface area (Å²) in [6, 6.07) is 0. The van der Waals surface area contributed by atoms with Crippen molar-refractivity contribution in [2.45, 2.75) is 47.0 Å². The maximum absolute atomic E-state index is 9.00. The van der Waals surface area contributed by atoms with Gasteiger partial charge in [0.05, 0.1) is 0 Å². The zero-order valence-electron chi connectivity index (χ0n) is 10.3. The first-order valence-electron chi connectivity index (χ1n) is 6.18. The maximum atomic E-state index is 9.00. The Kier molecular flexibility index (Phi) is 7.20. The van der Waals surface area contributed by atoms with Crippen molar-refractivity contribution in [2.24, 2.45) is 5.41 Å². The first-order valence-corrected chi connectivity index (χ1v) is 6.18. The molecule has 0 aromatic rings. The lowest BCUT2D eigenvalue weighted by Gasteiger charge is -2.33. The molecule has 1 N–H and O–H groups in total. The van der Waals surface area contributed by atoms with Gasteiger partial charge in [0, 0.05) is 18.6 Å². The first kappa shape index (κ1) is 13.9. The lowest BCUT2D eigenvalue weighted by molar-refractivity contribution is 0.107. The maximum Gasteiger partial charge on any atom is 0.0499 e. The number of aliphatic hydroxyl groups excluding tert-OH is 1. The van der Waals surface area contributed by atoms with E-state index < -0.39 is 0 Å². The fourth-order valence-electron chi connectivity index (χ4n) is 1.56. The second-order valence-corrected chi connectivity index (χ2v) is 3.79. The third-order valence-electron chi connectivity index (χ3n) is 2.80. The van der Waals surface area contributed by atoms with Crippen molar-refractivity contribution >= 4 is 0 Å². The summed E-state index contributed by atoms with van der Waals surface area (Å²) in [6.45, 7) is 12.1. The normalized spacial score (nSPS) is 22.1. The largest absolute Gasteiger partial charge is 0.396 e. The van der Waals surface area contributed by atoms with Crippen LogP contribution in [0.5, 0.6) is 0 Å². The quantitative estimate of drug-likeness (QED) is 0.758. The summed E-state index contributed by atoms with van der Waals surface area (Å²) in [5.74, 6) is 0. The zero-order valence-corrected chi connectivity index (χ0v) is 10.3. The Bertz CT molecular complexity index is 128. The van der Waals surface area contributed by atoms with E-state index in [0.717, 1.165) is 6.54 Å². The molecule has 1 heterocycles. The van der Waals surface area contributed by atoms with E-state index in [1.165, 1.54) is 32.4 Å². The van der Waals surface area contributed by atoms with Crippen LogP contribution in [0.1, 0.15) is 47.0 Å². The van der Waals surface area contributed by atoms with Crippen LogP contribution in [0.25, 0.3) is 0 Å². The van der Waals surface area contributed by atoms with Crippen LogP contribution < -0.4 is 0 Å². The highest BCUT2D eigenvalue weighted by atomic mass is 16.3. The van der Waals surface area contributed by atoms with Crippen LogP contribution >= 0.6 is 0 Å². The molecule has 0 spiro atoms. The van der Waals surface area contributed by atoms with Crippen LogP contribution in [0.4, 0.5) is 0 Å². The van der Waals surface area contributed by atoms with Gasteiger partial charge in [-0.1, -0.05) is 27.7 Å². The van der Waals surface area contributed by atoms with Gasteiger partial charge in [-0.15, -0.1) is 0 Å². The molecule has 2 heteroatoms. The van der Waals surface area contributed by atoms with Gasteiger partial charge >= 0.3 is 0 Å². The van der Waals surface area contributed by atoms with Gasteiger partial charge in [-0.3, -0.25) is 0 Å². The zero-order chi connectivity index (χ0) is 11.0. The van der Waals surface area contributed by atoms with E-state index in [4.69, 9.17) is 5.11 Å². The molecule has 86 valence electrons. The lowest BCUT2D eigenvalue weighted by Crippen LogP contribution is -2.41. The van der Waals surface area contributed by atoms with Crippen molar-refractivity contribution < 1.29 is 5.11 Å². The third kappa shape index (κ3) is 3.97. The minimum atomic E-state index is 0.348. The van der Waals surface area contributed by atoms with Gasteiger partial charge < -0.3 is 10.0 Å². The highest BCUT2D eigenvalue weighted by Gasteiger charge is 2.43. The van der Waals surface area contributed by atoms with Gasteiger partial charge in [0.2, 0.25) is 0 Å². The molecule has 1 aliphatic heterocycles. The molecular weight excluding hydrogens is 174 g/mol. The minimum absolute atomic E-state index is 0.348. The monoisotopic (exact) mass is 201 g/mol. The predicted octanol–water partition coefficient (Wildman–Crippen LogP) is 2.52. The molecular formula is C12H27NO. The third-order valence-corrected chi connectivity index (χ3v) is 2.80. The highest BCUT2D eigenvalue weighted by molar-refractivity contribution is 4.96. The van der Waals surface area contributed by atoms with Gasteiger partial charge in [-0.05, 0) is 32.4 Å². The van der Waals surface area contributed by atoms with Crippen LogP contribution in [-0.2, 0) is 0 Å². The molecule has 0 radical (unpaired) electrons. The Balaban J connectivity index is 0.000000379. The number of nitrogens with zero attached hydrogens (tertiary/aromatic N) is 1. The number of likely N-dealkylation sites (tertiary alicyclic amines) is 1. The van der Waals surface area contributed by atoms with Gasteiger partial charge in [0.15, 0.2) is 0 Å². The fourth-order valence-corrected chi connectivity index (χ4v) is 1.56. The second-order valence-electron chi connectivity index (χ2n) is 3.79. The van der Waals surface area contributed by atoms with Gasteiger partial charge in [-0.2, -0.15) is 0 Å². The summed E-state index contributed by atoms with van der Waals surface area (Å²) in [5.41, 5.74) is 0.348. The van der Waals surface area contributed by atoms with Crippen LogP contribution in [0, 0.1) is 5.41 Å². The van der Waals surface area contributed by atoms with Crippen molar-refractivity contribution in [1.29, 1.82) is 0 Å². The first-order chi connectivity index (χ1) is 6.85. The second kappa shape index (κ2) is 7.24. The summed E-state index contributed by atoms with van der Waals surface area (Å²) >= 11 is 0. The summed E-state index contributed by atoms with van der Waals surface area (Å²) in [7, 11) is 0. The standard InChI is InChI=1S/C8H15NO.2C2H6/c10-7-8(2-3-8)6-9-4-1-5-9;2*1-2/h10H,1-7H2;2*1-2H3. The molecule has 1 saturated carbocycles. The van der Waals surface area contributed by atoms with Crippen LogP contribution in [-0.4, -0.2) is 36.2 Å².